The minimum absolute atomic E-state index is 0.0107. The first-order valence-electron chi connectivity index (χ1n) is 13.1. The Morgan fingerprint density at radius 1 is 1.02 bits per heavy atom. The summed E-state index contributed by atoms with van der Waals surface area (Å²) in [5, 5.41) is 11.0. The van der Waals surface area contributed by atoms with Gasteiger partial charge in [-0.25, -0.2) is 4.99 Å². The van der Waals surface area contributed by atoms with E-state index in [4.69, 9.17) is 14.1 Å². The molecular formula is C32H23N3O5S. The zero-order valence-electron chi connectivity index (χ0n) is 21.9. The molecule has 1 aliphatic carbocycles. The predicted molar refractivity (Wildman–Crippen MR) is 157 cm³/mol. The molecule has 0 N–H and O–H groups in total. The fourth-order valence-electron chi connectivity index (χ4n) is 5.65. The molecule has 0 bridgehead atoms. The van der Waals surface area contributed by atoms with Gasteiger partial charge in [-0.15, -0.1) is 0 Å². The molecule has 0 radical (unpaired) electrons. The third-order valence-corrected chi connectivity index (χ3v) is 8.55. The molecule has 3 aromatic carbocycles. The molecule has 1 atom stereocenters. The van der Waals surface area contributed by atoms with Crippen LogP contribution < -0.4 is 19.6 Å². The summed E-state index contributed by atoms with van der Waals surface area (Å²) >= 11 is 1.33. The second-order valence-electron chi connectivity index (χ2n) is 9.86. The molecule has 0 unspecified atom stereocenters. The van der Waals surface area contributed by atoms with Crippen LogP contribution in [-0.4, -0.2) is 16.6 Å². The number of nitro groups is 1. The smallest absolute Gasteiger partial charge is 0.271 e. The van der Waals surface area contributed by atoms with Crippen molar-refractivity contribution < 1.29 is 14.1 Å². The minimum atomic E-state index is -0.439. The number of non-ortho nitro benzene ring substituents is 1. The first kappa shape index (κ1) is 25.0. The van der Waals surface area contributed by atoms with Crippen molar-refractivity contribution in [2.45, 2.75) is 18.9 Å². The summed E-state index contributed by atoms with van der Waals surface area (Å²) in [4.78, 5) is 30.2. The molecule has 0 fully saturated rings. The normalized spacial score (nSPS) is 16.0. The van der Waals surface area contributed by atoms with Crippen molar-refractivity contribution in [3.05, 3.63) is 143 Å². The molecule has 1 aliphatic heterocycles. The van der Waals surface area contributed by atoms with Crippen molar-refractivity contribution >= 4 is 28.8 Å². The van der Waals surface area contributed by atoms with E-state index in [0.29, 0.717) is 26.4 Å². The van der Waals surface area contributed by atoms with E-state index in [9.17, 15) is 14.9 Å². The maximum Gasteiger partial charge on any atom is 0.271 e. The summed E-state index contributed by atoms with van der Waals surface area (Å²) in [7, 11) is 1.65. The van der Waals surface area contributed by atoms with Gasteiger partial charge in [0.2, 0.25) is 0 Å². The van der Waals surface area contributed by atoms with Gasteiger partial charge in [-0.2, -0.15) is 0 Å². The van der Waals surface area contributed by atoms with Gasteiger partial charge in [0.05, 0.1) is 28.3 Å². The number of methoxy groups -OCH3 is 1. The first-order valence-corrected chi connectivity index (χ1v) is 13.9. The van der Waals surface area contributed by atoms with Crippen LogP contribution in [-0.2, 0) is 6.42 Å². The van der Waals surface area contributed by atoms with Crippen LogP contribution in [0.1, 0.15) is 34.9 Å². The average Bonchev–Trinajstić information content (AvgIpc) is 3.60. The number of allylic oxidation sites excluding steroid dienone is 1. The summed E-state index contributed by atoms with van der Waals surface area (Å²) in [6.45, 7) is 0. The SMILES string of the molecule is COc1ccccc1[C@@H]1C2=C(N=c3s/c(=C\c4ccc(-c5ccc([N+](=O)[O-])cc5)o4)c(=O)n31)c1ccccc1CC2. The number of aromatic nitrogens is 1. The Balaban J connectivity index is 1.38. The second-order valence-corrected chi connectivity index (χ2v) is 10.9. The molecule has 0 spiro atoms. The number of nitro benzene ring substituents is 1. The van der Waals surface area contributed by atoms with Gasteiger partial charge in [-0.3, -0.25) is 19.5 Å². The molecule has 8 nitrogen and oxygen atoms in total. The maximum absolute atomic E-state index is 14.0. The number of benzene rings is 3. The highest BCUT2D eigenvalue weighted by atomic mass is 32.1. The number of thiazole rings is 1. The lowest BCUT2D eigenvalue weighted by atomic mass is 9.83. The highest BCUT2D eigenvalue weighted by Gasteiger charge is 2.34. The molecule has 41 heavy (non-hydrogen) atoms. The number of furan rings is 1. The third-order valence-electron chi connectivity index (χ3n) is 7.57. The van der Waals surface area contributed by atoms with Gasteiger partial charge in [0.15, 0.2) is 4.80 Å². The molecule has 2 aromatic heterocycles. The van der Waals surface area contributed by atoms with Crippen LogP contribution in [0.25, 0.3) is 23.1 Å². The van der Waals surface area contributed by atoms with Gasteiger partial charge in [0.1, 0.15) is 17.3 Å². The Hall–Kier alpha value is -5.02. The van der Waals surface area contributed by atoms with E-state index in [1.807, 2.05) is 36.4 Å². The van der Waals surface area contributed by atoms with E-state index >= 15 is 0 Å². The van der Waals surface area contributed by atoms with Crippen molar-refractivity contribution in [3.8, 4) is 17.1 Å². The number of aryl methyl sites for hydroxylation is 1. The Kier molecular flexibility index (Phi) is 6.01. The highest BCUT2D eigenvalue weighted by molar-refractivity contribution is 7.07. The Morgan fingerprint density at radius 2 is 1.80 bits per heavy atom. The zero-order valence-corrected chi connectivity index (χ0v) is 22.8. The van der Waals surface area contributed by atoms with Crippen molar-refractivity contribution in [3.63, 3.8) is 0 Å². The van der Waals surface area contributed by atoms with Crippen LogP contribution in [0.5, 0.6) is 5.75 Å². The molecule has 2 aliphatic rings. The molecule has 0 amide bonds. The van der Waals surface area contributed by atoms with E-state index in [1.54, 1.807) is 42.0 Å². The standard InChI is InChI=1S/C32H23N3O5S/c1-39-27-9-5-4-8-24(27)30-25-16-12-19-6-2-3-7-23(19)29(25)33-32-34(30)31(36)28(41-32)18-22-15-17-26(40-22)20-10-13-21(14-11-20)35(37)38/h2-11,13-15,17-18,30H,12,16H2,1H3/b28-18-/t30-/m1/s1. The Morgan fingerprint density at radius 3 is 2.61 bits per heavy atom. The number of hydrogen-bond acceptors (Lipinski definition) is 7. The van der Waals surface area contributed by atoms with E-state index in [2.05, 4.69) is 12.1 Å². The summed E-state index contributed by atoms with van der Waals surface area (Å²) in [5.41, 5.74) is 5.87. The summed E-state index contributed by atoms with van der Waals surface area (Å²) in [6, 6.07) is 25.5. The van der Waals surface area contributed by atoms with Gasteiger partial charge < -0.3 is 9.15 Å². The Labute approximate surface area is 238 Å². The minimum Gasteiger partial charge on any atom is -0.496 e. The van der Waals surface area contributed by atoms with Gasteiger partial charge >= 0.3 is 0 Å². The van der Waals surface area contributed by atoms with E-state index in [0.717, 1.165) is 41.0 Å². The molecule has 3 heterocycles. The van der Waals surface area contributed by atoms with Crippen LogP contribution in [0.15, 0.2) is 105 Å². The third kappa shape index (κ3) is 4.22. The number of rotatable bonds is 5. The van der Waals surface area contributed by atoms with Gasteiger partial charge in [-0.05, 0) is 54.3 Å². The molecule has 5 aromatic rings. The summed E-state index contributed by atoms with van der Waals surface area (Å²) in [6.07, 6.45) is 3.40. The zero-order chi connectivity index (χ0) is 28.1. The second kappa shape index (κ2) is 9.87. The van der Waals surface area contributed by atoms with Crippen LogP contribution in [0.3, 0.4) is 0 Å². The van der Waals surface area contributed by atoms with Crippen molar-refractivity contribution in [1.82, 2.24) is 4.57 Å². The molecule has 9 heteroatoms. The molecule has 202 valence electrons. The lowest BCUT2D eigenvalue weighted by Gasteiger charge is -2.31. The topological polar surface area (TPSA) is 99.9 Å². The molecule has 7 rings (SSSR count). The quantitative estimate of drug-likeness (QED) is 0.209. The van der Waals surface area contributed by atoms with Crippen LogP contribution >= 0.6 is 11.3 Å². The predicted octanol–water partition coefficient (Wildman–Crippen LogP) is 5.50. The molecule has 0 saturated carbocycles. The fourth-order valence-corrected chi connectivity index (χ4v) is 6.63. The average molecular weight is 562 g/mol. The van der Waals surface area contributed by atoms with E-state index < -0.39 is 4.92 Å². The van der Waals surface area contributed by atoms with Gasteiger partial charge in [0, 0.05) is 34.9 Å². The number of nitrogens with zero attached hydrogens (tertiary/aromatic N) is 3. The van der Waals surface area contributed by atoms with Crippen molar-refractivity contribution in [2.75, 3.05) is 7.11 Å². The fraction of sp³-hybridized carbons (Fsp3) is 0.125. The maximum atomic E-state index is 14.0. The number of hydrogen-bond donors (Lipinski definition) is 0. The van der Waals surface area contributed by atoms with E-state index in [1.165, 1.54) is 29.0 Å². The number of ether oxygens (including phenoxy) is 1. The van der Waals surface area contributed by atoms with Crippen molar-refractivity contribution in [1.29, 1.82) is 0 Å². The molecular weight excluding hydrogens is 538 g/mol. The monoisotopic (exact) mass is 561 g/mol. The Bertz CT molecular complexity index is 2050. The number of para-hydroxylation sites is 1. The number of fused-ring (bicyclic) bond motifs is 3. The lowest BCUT2D eigenvalue weighted by Crippen LogP contribution is -2.38. The first-order chi connectivity index (χ1) is 20.0. The van der Waals surface area contributed by atoms with Crippen LogP contribution in [0, 0.1) is 10.1 Å². The lowest BCUT2D eigenvalue weighted by molar-refractivity contribution is -0.384. The largest absolute Gasteiger partial charge is 0.496 e. The summed E-state index contributed by atoms with van der Waals surface area (Å²) < 4.78 is 14.0. The highest BCUT2D eigenvalue weighted by Crippen LogP contribution is 2.43. The van der Waals surface area contributed by atoms with Gasteiger partial charge in [0.25, 0.3) is 11.2 Å². The van der Waals surface area contributed by atoms with Crippen LogP contribution in [0.4, 0.5) is 5.69 Å². The van der Waals surface area contributed by atoms with Crippen molar-refractivity contribution in [2.24, 2.45) is 4.99 Å². The summed E-state index contributed by atoms with van der Waals surface area (Å²) in [5.74, 6) is 1.78. The van der Waals surface area contributed by atoms with E-state index in [-0.39, 0.29) is 17.3 Å². The van der Waals surface area contributed by atoms with Gasteiger partial charge in [-0.1, -0.05) is 53.8 Å². The molecule has 0 saturated heterocycles. The van der Waals surface area contributed by atoms with Crippen LogP contribution in [0.2, 0.25) is 0 Å².